The van der Waals surface area contributed by atoms with Crippen molar-refractivity contribution in [1.82, 2.24) is 21.3 Å². The second-order valence-corrected chi connectivity index (χ2v) is 18.1. The summed E-state index contributed by atoms with van der Waals surface area (Å²) in [5.41, 5.74) is 15.7. The van der Waals surface area contributed by atoms with E-state index in [0.29, 0.717) is 6.42 Å². The third-order valence-electron chi connectivity index (χ3n) is 14.7. The number of rotatable bonds is 27. The molecule has 24 unspecified atom stereocenters. The minimum atomic E-state index is -1.18. The first-order valence-corrected chi connectivity index (χ1v) is 23.8. The summed E-state index contributed by atoms with van der Waals surface area (Å²) >= 11 is 0. The Morgan fingerprint density at radius 3 is 1.58 bits per heavy atom. The maximum Gasteiger partial charge on any atom is 0.187 e. The maximum absolute atomic E-state index is 11.5. The molecule has 0 aromatic heterocycles. The molecule has 26 heteroatoms. The monoisotopic (exact) mass is 999 g/mol. The molecule has 0 aromatic rings. The molecule has 1 aliphatic carbocycles. The highest BCUT2D eigenvalue weighted by Gasteiger charge is 2.57. The van der Waals surface area contributed by atoms with Crippen LogP contribution in [0.4, 0.5) is 0 Å². The molecule has 5 rings (SSSR count). The van der Waals surface area contributed by atoms with Crippen LogP contribution in [-0.4, -0.2) is 265 Å². The van der Waals surface area contributed by atoms with Gasteiger partial charge in [-0.3, -0.25) is 0 Å². The van der Waals surface area contributed by atoms with E-state index >= 15 is 0 Å². The van der Waals surface area contributed by atoms with E-state index in [4.69, 9.17) is 67.3 Å². The van der Waals surface area contributed by atoms with Gasteiger partial charge >= 0.3 is 0 Å². The summed E-state index contributed by atoms with van der Waals surface area (Å²) in [7, 11) is 14.5. The third-order valence-corrected chi connectivity index (χ3v) is 14.7. The molecule has 402 valence electrons. The van der Waals surface area contributed by atoms with E-state index in [1.54, 1.807) is 28.3 Å². The van der Waals surface area contributed by atoms with Crippen molar-refractivity contribution in [1.29, 1.82) is 0 Å². The topological polar surface area (TPSA) is 344 Å². The highest BCUT2D eigenvalue weighted by Crippen LogP contribution is 2.41. The molecule has 4 heterocycles. The molecule has 0 aromatic carbocycles. The van der Waals surface area contributed by atoms with Crippen molar-refractivity contribution in [3.05, 3.63) is 10.4 Å². The van der Waals surface area contributed by atoms with Gasteiger partial charge in [0, 0.05) is 89.4 Å². The van der Waals surface area contributed by atoms with Crippen LogP contribution in [-0.2, 0) is 61.6 Å². The first-order valence-electron chi connectivity index (χ1n) is 23.8. The van der Waals surface area contributed by atoms with Gasteiger partial charge < -0.3 is 114 Å². The normalized spacial score (nSPS) is 44.0. The number of methoxy groups -OCH3 is 5. The number of nitrogens with two attached hydrogens (primary N) is 1. The van der Waals surface area contributed by atoms with Gasteiger partial charge in [-0.2, -0.15) is 0 Å². The minimum absolute atomic E-state index is 0.0920. The van der Waals surface area contributed by atoms with Gasteiger partial charge in [-0.1, -0.05) is 5.11 Å². The van der Waals surface area contributed by atoms with E-state index in [-0.39, 0.29) is 64.6 Å². The lowest BCUT2D eigenvalue weighted by Gasteiger charge is -2.50. The lowest BCUT2D eigenvalue weighted by molar-refractivity contribution is -0.344. The van der Waals surface area contributed by atoms with Crippen molar-refractivity contribution in [3.8, 4) is 0 Å². The highest BCUT2D eigenvalue weighted by molar-refractivity contribution is 5.05. The van der Waals surface area contributed by atoms with Gasteiger partial charge in [0.25, 0.3) is 0 Å². The molecule has 4 aliphatic heterocycles. The first-order chi connectivity index (χ1) is 33.5. The molecule has 0 bridgehead atoms. The van der Waals surface area contributed by atoms with Crippen molar-refractivity contribution < 1.29 is 87.1 Å². The van der Waals surface area contributed by atoms with Crippen molar-refractivity contribution >= 4 is 0 Å². The van der Waals surface area contributed by atoms with Gasteiger partial charge in [-0.25, -0.2) is 0 Å². The maximum atomic E-state index is 11.5. The van der Waals surface area contributed by atoms with E-state index in [0.717, 1.165) is 0 Å². The summed E-state index contributed by atoms with van der Waals surface area (Å²) < 4.78 is 82.4. The Morgan fingerprint density at radius 1 is 0.551 bits per heavy atom. The lowest BCUT2D eigenvalue weighted by atomic mass is 9.81. The van der Waals surface area contributed by atoms with Crippen LogP contribution in [0, 0.1) is 23.7 Å². The number of azide groups is 1. The molecule has 0 radical (unpaired) electrons. The van der Waals surface area contributed by atoms with Crippen LogP contribution in [0.3, 0.4) is 0 Å². The predicted octanol–water partition coefficient (Wildman–Crippen LogP) is -4.03. The largest absolute Gasteiger partial charge is 0.396 e. The molecule has 26 nitrogen and oxygen atoms in total. The zero-order valence-electron chi connectivity index (χ0n) is 41.4. The predicted molar refractivity (Wildman–Crippen MR) is 242 cm³/mol. The van der Waals surface area contributed by atoms with Crippen LogP contribution in [0.15, 0.2) is 5.11 Å². The van der Waals surface area contributed by atoms with Gasteiger partial charge in [-0.15, -0.1) is 0 Å². The van der Waals surface area contributed by atoms with Gasteiger partial charge in [0.05, 0.1) is 81.7 Å². The third kappa shape index (κ3) is 13.0. The van der Waals surface area contributed by atoms with Crippen molar-refractivity contribution in [3.63, 3.8) is 0 Å². The molecule has 0 amide bonds. The van der Waals surface area contributed by atoms with E-state index < -0.39 is 141 Å². The average molecular weight is 999 g/mol. The molecule has 0 spiro atoms. The zero-order valence-corrected chi connectivity index (χ0v) is 41.4. The minimum Gasteiger partial charge on any atom is -0.396 e. The highest BCUT2D eigenvalue weighted by atomic mass is 16.8. The number of aliphatic hydroxyl groups is 5. The fraction of sp³-hybridized carbons (Fsp3) is 1.00. The Kier molecular flexibility index (Phi) is 24.3. The number of aliphatic hydroxyl groups excluding tert-OH is 5. The van der Waals surface area contributed by atoms with E-state index in [1.807, 2.05) is 7.05 Å². The Hall–Kier alpha value is -1.61. The molecule has 69 heavy (non-hydrogen) atoms. The summed E-state index contributed by atoms with van der Waals surface area (Å²) in [6, 6.07) is -2.13. The van der Waals surface area contributed by atoms with Crippen LogP contribution in [0.5, 0.6) is 0 Å². The fourth-order valence-corrected chi connectivity index (χ4v) is 11.0. The van der Waals surface area contributed by atoms with Crippen molar-refractivity contribution in [2.24, 2.45) is 34.5 Å². The van der Waals surface area contributed by atoms with Gasteiger partial charge in [0.1, 0.15) is 36.6 Å². The first kappa shape index (κ1) is 58.3. The second-order valence-electron chi connectivity index (χ2n) is 18.1. The van der Waals surface area contributed by atoms with Crippen molar-refractivity contribution in [2.45, 2.75) is 135 Å². The number of nitrogens with zero attached hydrogens (tertiary/aromatic N) is 3. The number of likely N-dealkylation sites (N-methyl/N-ethyl adjacent to an activating group) is 4. The second kappa shape index (κ2) is 28.7. The van der Waals surface area contributed by atoms with Crippen LogP contribution in [0.2, 0.25) is 0 Å². The SMILES string of the molecule is CNC1CC(NC)C(OC2OC(COC)C(CO)C(O)C2NC)C(OC2OC(CN=[N+]=[N-])C(OC3OC(CCN)C(OC4OC(COC)C(CO)C(CO)C4OC)C(CO)C3NC)C2OC)C1OC. The van der Waals surface area contributed by atoms with E-state index in [1.165, 1.54) is 28.4 Å². The summed E-state index contributed by atoms with van der Waals surface area (Å²) in [6.07, 6.45) is -13.8. The summed E-state index contributed by atoms with van der Waals surface area (Å²) in [5, 5.41) is 70.5. The quantitative estimate of drug-likeness (QED) is 0.0213. The van der Waals surface area contributed by atoms with Gasteiger partial charge in [-0.05, 0) is 53.1 Å². The average Bonchev–Trinajstić information content (AvgIpc) is 3.68. The fourth-order valence-electron chi connectivity index (χ4n) is 11.0. The zero-order chi connectivity index (χ0) is 50.4. The molecule has 5 fully saturated rings. The van der Waals surface area contributed by atoms with Gasteiger partial charge in [0.2, 0.25) is 0 Å². The smallest absolute Gasteiger partial charge is 0.187 e. The van der Waals surface area contributed by atoms with Crippen LogP contribution >= 0.6 is 0 Å². The van der Waals surface area contributed by atoms with Crippen LogP contribution < -0.4 is 27.0 Å². The summed E-state index contributed by atoms with van der Waals surface area (Å²) in [4.78, 5) is 3.00. The number of nitrogens with one attached hydrogen (secondary N) is 4. The van der Waals surface area contributed by atoms with E-state index in [9.17, 15) is 31.1 Å². The Balaban J connectivity index is 1.45. The standard InChI is InChI=1S/C43H82N8O18/c1-46-24-12-25(47-2)36(67-41-31(49-4)32(56)22(16-54)29(64-41)19-58-6)38(35(24)60-8)69-43-39(61-9)37(27(63-43)13-50-51-45)68-40-30(48-3)23(17-55)33(26(62-40)10-11-44)66-42-34(59-7)21(15-53)20(14-52)28(65-42)18-57-5/h20-43,46-49,52-56H,10-19,44H2,1-9H3. The number of ether oxygens (including phenoxy) is 13. The molecule has 24 atom stereocenters. The summed E-state index contributed by atoms with van der Waals surface area (Å²) in [6.45, 7) is -1.18. The summed E-state index contributed by atoms with van der Waals surface area (Å²) in [5.74, 6) is -2.46. The molecular weight excluding hydrogens is 917 g/mol. The molecular formula is C43H82N8O18. The lowest BCUT2D eigenvalue weighted by Crippen LogP contribution is -2.68. The van der Waals surface area contributed by atoms with Crippen LogP contribution in [0.25, 0.3) is 10.4 Å². The molecule has 11 N–H and O–H groups in total. The molecule has 4 saturated heterocycles. The van der Waals surface area contributed by atoms with Crippen LogP contribution in [0.1, 0.15) is 12.8 Å². The Labute approximate surface area is 404 Å². The molecule has 1 saturated carbocycles. The molecule has 5 aliphatic rings. The number of hydrogen-bond acceptors (Lipinski definition) is 24. The Morgan fingerprint density at radius 2 is 1.04 bits per heavy atom. The Bertz CT molecular complexity index is 1520. The van der Waals surface area contributed by atoms with E-state index in [2.05, 4.69) is 31.3 Å². The van der Waals surface area contributed by atoms with Gasteiger partial charge in [0.15, 0.2) is 25.2 Å². The van der Waals surface area contributed by atoms with Crippen molar-refractivity contribution in [2.75, 3.05) is 116 Å². The number of hydrogen-bond donors (Lipinski definition) is 10.